The maximum Gasteiger partial charge on any atom is 0.130 e. The minimum Gasteiger partial charge on any atom is -0.336 e. The number of nitrogens with zero attached hydrogens (tertiary/aromatic N) is 2. The molecular formula is C14H18ClN3. The van der Waals surface area contributed by atoms with Crippen LogP contribution in [0.1, 0.15) is 29.9 Å². The molecule has 0 aliphatic heterocycles. The summed E-state index contributed by atoms with van der Waals surface area (Å²) in [6, 6.07) is 6.18. The van der Waals surface area contributed by atoms with Crippen LogP contribution in [0, 0.1) is 6.92 Å². The number of nitrogens with one attached hydrogen (secondary N) is 1. The number of hydrogen-bond acceptors (Lipinski definition) is 2. The number of aryl methyl sites for hydroxylation is 2. The van der Waals surface area contributed by atoms with Crippen LogP contribution in [-0.4, -0.2) is 16.1 Å². The largest absolute Gasteiger partial charge is 0.336 e. The number of hydrogen-bond donors (Lipinski definition) is 1. The Balaban J connectivity index is 2.44. The minimum atomic E-state index is 0.0763. The SMILES string of the molecule is CCNC(c1cc(C)cc(Cl)c1)c1nccn1C. The summed E-state index contributed by atoms with van der Waals surface area (Å²) >= 11 is 6.14. The van der Waals surface area contributed by atoms with Crippen LogP contribution in [0.4, 0.5) is 0 Å². The Morgan fingerprint density at radius 2 is 2.17 bits per heavy atom. The second-order valence-corrected chi connectivity index (χ2v) is 4.89. The summed E-state index contributed by atoms with van der Waals surface area (Å²) in [4.78, 5) is 4.43. The zero-order chi connectivity index (χ0) is 13.1. The molecule has 1 aromatic carbocycles. The van der Waals surface area contributed by atoms with E-state index in [2.05, 4.69) is 30.2 Å². The van der Waals surface area contributed by atoms with Gasteiger partial charge in [-0.25, -0.2) is 4.98 Å². The molecule has 3 nitrogen and oxygen atoms in total. The molecule has 0 aliphatic rings. The first-order valence-corrected chi connectivity index (χ1v) is 6.47. The fraction of sp³-hybridized carbons (Fsp3) is 0.357. The summed E-state index contributed by atoms with van der Waals surface area (Å²) in [6.07, 6.45) is 3.77. The van der Waals surface area contributed by atoms with E-state index in [0.29, 0.717) is 0 Å². The Morgan fingerprint density at radius 3 is 2.72 bits per heavy atom. The van der Waals surface area contributed by atoms with E-state index in [4.69, 9.17) is 11.6 Å². The summed E-state index contributed by atoms with van der Waals surface area (Å²) in [5.41, 5.74) is 2.31. The Morgan fingerprint density at radius 1 is 1.39 bits per heavy atom. The lowest BCUT2D eigenvalue weighted by atomic mass is 10.0. The highest BCUT2D eigenvalue weighted by atomic mass is 35.5. The summed E-state index contributed by atoms with van der Waals surface area (Å²) in [5, 5.41) is 4.22. The maximum atomic E-state index is 6.14. The lowest BCUT2D eigenvalue weighted by molar-refractivity contribution is 0.577. The first-order valence-electron chi connectivity index (χ1n) is 6.09. The highest BCUT2D eigenvalue weighted by Crippen LogP contribution is 2.24. The zero-order valence-corrected chi connectivity index (χ0v) is 11.7. The average Bonchev–Trinajstić information content (AvgIpc) is 2.71. The molecule has 2 aromatic rings. The molecule has 1 unspecified atom stereocenters. The van der Waals surface area contributed by atoms with Gasteiger partial charge in [0.15, 0.2) is 0 Å². The highest BCUT2D eigenvalue weighted by molar-refractivity contribution is 6.30. The first-order chi connectivity index (χ1) is 8.61. The van der Waals surface area contributed by atoms with Gasteiger partial charge >= 0.3 is 0 Å². The van der Waals surface area contributed by atoms with Gasteiger partial charge < -0.3 is 9.88 Å². The Kier molecular flexibility index (Phi) is 4.04. The molecule has 0 saturated heterocycles. The van der Waals surface area contributed by atoms with Gasteiger partial charge in [0, 0.05) is 24.5 Å². The third-order valence-corrected chi connectivity index (χ3v) is 3.14. The zero-order valence-electron chi connectivity index (χ0n) is 10.9. The van der Waals surface area contributed by atoms with E-state index in [1.807, 2.05) is 36.1 Å². The van der Waals surface area contributed by atoms with Gasteiger partial charge in [0.05, 0.1) is 6.04 Å². The van der Waals surface area contributed by atoms with E-state index in [0.717, 1.165) is 28.5 Å². The van der Waals surface area contributed by atoms with Crippen molar-refractivity contribution in [1.29, 1.82) is 0 Å². The van der Waals surface area contributed by atoms with Gasteiger partial charge in [-0.05, 0) is 36.7 Å². The van der Waals surface area contributed by atoms with E-state index in [1.54, 1.807) is 0 Å². The molecule has 1 aromatic heterocycles. The second-order valence-electron chi connectivity index (χ2n) is 4.45. The lowest BCUT2D eigenvalue weighted by Crippen LogP contribution is -2.24. The maximum absolute atomic E-state index is 6.14. The Hall–Kier alpha value is -1.32. The summed E-state index contributed by atoms with van der Waals surface area (Å²) in [7, 11) is 2.00. The molecule has 1 atom stereocenters. The van der Waals surface area contributed by atoms with Crippen molar-refractivity contribution in [3.63, 3.8) is 0 Å². The van der Waals surface area contributed by atoms with Gasteiger partial charge in [-0.3, -0.25) is 0 Å². The van der Waals surface area contributed by atoms with Crippen LogP contribution in [-0.2, 0) is 7.05 Å². The summed E-state index contributed by atoms with van der Waals surface area (Å²) < 4.78 is 2.03. The minimum absolute atomic E-state index is 0.0763. The van der Waals surface area contributed by atoms with Crippen LogP contribution in [0.5, 0.6) is 0 Å². The molecule has 1 heterocycles. The monoisotopic (exact) mass is 263 g/mol. The molecule has 0 saturated carbocycles. The molecule has 18 heavy (non-hydrogen) atoms. The normalized spacial score (nSPS) is 12.7. The predicted octanol–water partition coefficient (Wildman–Crippen LogP) is 3.08. The number of halogens is 1. The van der Waals surface area contributed by atoms with E-state index in [-0.39, 0.29) is 6.04 Å². The van der Waals surface area contributed by atoms with Gasteiger partial charge in [-0.2, -0.15) is 0 Å². The van der Waals surface area contributed by atoms with Crippen LogP contribution in [0.2, 0.25) is 5.02 Å². The van der Waals surface area contributed by atoms with Gasteiger partial charge in [-0.15, -0.1) is 0 Å². The van der Waals surface area contributed by atoms with Crippen LogP contribution >= 0.6 is 11.6 Å². The van der Waals surface area contributed by atoms with E-state index in [1.165, 1.54) is 0 Å². The van der Waals surface area contributed by atoms with Gasteiger partial charge in [0.1, 0.15) is 5.82 Å². The highest BCUT2D eigenvalue weighted by Gasteiger charge is 2.17. The lowest BCUT2D eigenvalue weighted by Gasteiger charge is -2.19. The van der Waals surface area contributed by atoms with Crippen LogP contribution in [0.25, 0.3) is 0 Å². The fourth-order valence-electron chi connectivity index (χ4n) is 2.15. The van der Waals surface area contributed by atoms with Crippen molar-refractivity contribution in [2.75, 3.05) is 6.54 Å². The standard InChI is InChI=1S/C14H18ClN3/c1-4-16-13(14-17-5-6-18(14)3)11-7-10(2)8-12(15)9-11/h5-9,13,16H,4H2,1-3H3. The van der Waals surface area contributed by atoms with Crippen molar-refractivity contribution in [2.24, 2.45) is 7.05 Å². The Labute approximate surface area is 113 Å². The quantitative estimate of drug-likeness (QED) is 0.919. The van der Waals surface area contributed by atoms with E-state index < -0.39 is 0 Å². The molecular weight excluding hydrogens is 246 g/mol. The summed E-state index contributed by atoms with van der Waals surface area (Å²) in [5.74, 6) is 0.999. The number of benzene rings is 1. The third-order valence-electron chi connectivity index (χ3n) is 2.92. The number of imidazole rings is 1. The molecule has 1 N–H and O–H groups in total. The number of rotatable bonds is 4. The fourth-order valence-corrected chi connectivity index (χ4v) is 2.45. The second kappa shape index (κ2) is 5.55. The van der Waals surface area contributed by atoms with Gasteiger partial charge in [0.2, 0.25) is 0 Å². The smallest absolute Gasteiger partial charge is 0.130 e. The van der Waals surface area contributed by atoms with Gasteiger partial charge in [-0.1, -0.05) is 24.6 Å². The molecule has 0 radical (unpaired) electrons. The molecule has 0 aliphatic carbocycles. The van der Waals surface area contributed by atoms with Crippen molar-refractivity contribution in [2.45, 2.75) is 19.9 Å². The molecule has 0 fully saturated rings. The Bertz CT molecular complexity index is 513. The molecule has 2 rings (SSSR count). The molecule has 96 valence electrons. The molecule has 4 heteroatoms. The molecule has 0 spiro atoms. The number of aromatic nitrogens is 2. The van der Waals surface area contributed by atoms with Crippen molar-refractivity contribution in [1.82, 2.24) is 14.9 Å². The average molecular weight is 264 g/mol. The summed E-state index contributed by atoms with van der Waals surface area (Å²) in [6.45, 7) is 5.02. The van der Waals surface area contributed by atoms with Crippen molar-refractivity contribution in [3.05, 3.63) is 52.6 Å². The van der Waals surface area contributed by atoms with E-state index in [9.17, 15) is 0 Å². The van der Waals surface area contributed by atoms with Crippen molar-refractivity contribution < 1.29 is 0 Å². The predicted molar refractivity (Wildman–Crippen MR) is 74.9 cm³/mol. The van der Waals surface area contributed by atoms with Gasteiger partial charge in [0.25, 0.3) is 0 Å². The van der Waals surface area contributed by atoms with E-state index >= 15 is 0 Å². The molecule has 0 amide bonds. The first kappa shape index (κ1) is 13.1. The van der Waals surface area contributed by atoms with Crippen molar-refractivity contribution >= 4 is 11.6 Å². The van der Waals surface area contributed by atoms with Crippen molar-refractivity contribution in [3.8, 4) is 0 Å². The molecule has 0 bridgehead atoms. The van der Waals surface area contributed by atoms with Crippen LogP contribution in [0.3, 0.4) is 0 Å². The third kappa shape index (κ3) is 2.74. The van der Waals surface area contributed by atoms with Crippen LogP contribution < -0.4 is 5.32 Å². The topological polar surface area (TPSA) is 29.9 Å². The van der Waals surface area contributed by atoms with Crippen LogP contribution in [0.15, 0.2) is 30.6 Å².